The van der Waals surface area contributed by atoms with Gasteiger partial charge < -0.3 is 10.1 Å². The van der Waals surface area contributed by atoms with E-state index in [0.29, 0.717) is 16.7 Å². The highest BCUT2D eigenvalue weighted by Gasteiger charge is 2.06. The third kappa shape index (κ3) is 4.89. The second kappa shape index (κ2) is 8.04. The molecule has 0 saturated heterocycles. The van der Waals surface area contributed by atoms with Crippen LogP contribution in [-0.4, -0.2) is 6.54 Å². The Morgan fingerprint density at radius 1 is 1.10 bits per heavy atom. The SMILES string of the molecule is CCNCc1cc(Br)ccc1OCc1ccc(Cl)c(Cl)c1. The Kier molecular flexibility index (Phi) is 6.37. The van der Waals surface area contributed by atoms with E-state index in [9.17, 15) is 0 Å². The Bertz CT molecular complexity index is 619. The van der Waals surface area contributed by atoms with Gasteiger partial charge in [-0.15, -0.1) is 0 Å². The van der Waals surface area contributed by atoms with Gasteiger partial charge in [0.15, 0.2) is 0 Å². The van der Waals surface area contributed by atoms with Crippen molar-refractivity contribution in [3.05, 3.63) is 62.0 Å². The molecule has 0 atom stereocenters. The van der Waals surface area contributed by atoms with Gasteiger partial charge in [0.2, 0.25) is 0 Å². The van der Waals surface area contributed by atoms with Crippen LogP contribution in [0.5, 0.6) is 5.75 Å². The molecule has 0 aliphatic rings. The van der Waals surface area contributed by atoms with E-state index in [0.717, 1.165) is 34.4 Å². The molecule has 5 heteroatoms. The maximum Gasteiger partial charge on any atom is 0.124 e. The van der Waals surface area contributed by atoms with E-state index in [-0.39, 0.29) is 0 Å². The van der Waals surface area contributed by atoms with Crippen LogP contribution >= 0.6 is 39.1 Å². The number of hydrogen-bond acceptors (Lipinski definition) is 2. The van der Waals surface area contributed by atoms with E-state index in [1.165, 1.54) is 0 Å². The normalized spacial score (nSPS) is 10.7. The van der Waals surface area contributed by atoms with Crippen LogP contribution < -0.4 is 10.1 Å². The first-order valence-corrected chi connectivity index (χ1v) is 8.21. The van der Waals surface area contributed by atoms with E-state index < -0.39 is 0 Å². The predicted octanol–water partition coefficient (Wildman–Crippen LogP) is 5.44. The van der Waals surface area contributed by atoms with Gasteiger partial charge in [0, 0.05) is 16.6 Å². The van der Waals surface area contributed by atoms with E-state index in [2.05, 4.69) is 34.2 Å². The monoisotopic (exact) mass is 387 g/mol. The highest BCUT2D eigenvalue weighted by Crippen LogP contribution is 2.26. The number of nitrogens with one attached hydrogen (secondary N) is 1. The fourth-order valence-corrected chi connectivity index (χ4v) is 2.61. The third-order valence-electron chi connectivity index (χ3n) is 2.97. The van der Waals surface area contributed by atoms with Gasteiger partial charge in [-0.1, -0.05) is 52.1 Å². The van der Waals surface area contributed by atoms with Gasteiger partial charge in [-0.2, -0.15) is 0 Å². The van der Waals surface area contributed by atoms with Gasteiger partial charge in [-0.25, -0.2) is 0 Å². The average Bonchev–Trinajstić information content (AvgIpc) is 2.47. The summed E-state index contributed by atoms with van der Waals surface area (Å²) in [6.07, 6.45) is 0. The maximum atomic E-state index is 6.01. The van der Waals surface area contributed by atoms with Crippen molar-refractivity contribution < 1.29 is 4.74 Å². The minimum atomic E-state index is 0.456. The zero-order chi connectivity index (χ0) is 15.2. The Balaban J connectivity index is 2.09. The van der Waals surface area contributed by atoms with E-state index in [1.807, 2.05) is 24.3 Å². The smallest absolute Gasteiger partial charge is 0.124 e. The van der Waals surface area contributed by atoms with Crippen molar-refractivity contribution in [2.45, 2.75) is 20.1 Å². The minimum Gasteiger partial charge on any atom is -0.489 e. The summed E-state index contributed by atoms with van der Waals surface area (Å²) in [6.45, 7) is 4.22. The Hall–Kier alpha value is -0.740. The van der Waals surface area contributed by atoms with Gasteiger partial charge in [-0.05, 0) is 42.4 Å². The first kappa shape index (κ1) is 16.6. The molecule has 0 heterocycles. The predicted molar refractivity (Wildman–Crippen MR) is 92.3 cm³/mol. The van der Waals surface area contributed by atoms with Crippen LogP contribution in [-0.2, 0) is 13.2 Å². The van der Waals surface area contributed by atoms with Crippen molar-refractivity contribution in [3.8, 4) is 5.75 Å². The van der Waals surface area contributed by atoms with Crippen LogP contribution in [0, 0.1) is 0 Å². The summed E-state index contributed by atoms with van der Waals surface area (Å²) in [5.41, 5.74) is 2.10. The molecule has 1 N–H and O–H groups in total. The number of hydrogen-bond donors (Lipinski definition) is 1. The van der Waals surface area contributed by atoms with Crippen LogP contribution in [0.4, 0.5) is 0 Å². The molecular formula is C16H16BrCl2NO. The highest BCUT2D eigenvalue weighted by atomic mass is 79.9. The molecule has 0 unspecified atom stereocenters. The molecule has 0 aliphatic carbocycles. The molecule has 0 aromatic heterocycles. The van der Waals surface area contributed by atoms with E-state index in [4.69, 9.17) is 27.9 Å². The van der Waals surface area contributed by atoms with Crippen LogP contribution in [0.1, 0.15) is 18.1 Å². The lowest BCUT2D eigenvalue weighted by Crippen LogP contribution is -2.13. The molecule has 2 nitrogen and oxygen atoms in total. The highest BCUT2D eigenvalue weighted by molar-refractivity contribution is 9.10. The van der Waals surface area contributed by atoms with Crippen molar-refractivity contribution in [2.24, 2.45) is 0 Å². The molecule has 0 spiro atoms. The lowest BCUT2D eigenvalue weighted by molar-refractivity contribution is 0.302. The number of rotatable bonds is 6. The molecule has 0 saturated carbocycles. The van der Waals surface area contributed by atoms with E-state index in [1.54, 1.807) is 6.07 Å². The van der Waals surface area contributed by atoms with Crippen molar-refractivity contribution in [3.63, 3.8) is 0 Å². The summed E-state index contributed by atoms with van der Waals surface area (Å²) in [6, 6.07) is 11.5. The van der Waals surface area contributed by atoms with Gasteiger partial charge in [0.25, 0.3) is 0 Å². The largest absolute Gasteiger partial charge is 0.489 e. The zero-order valence-corrected chi connectivity index (χ0v) is 14.7. The van der Waals surface area contributed by atoms with Crippen LogP contribution in [0.15, 0.2) is 40.9 Å². The summed E-state index contributed by atoms with van der Waals surface area (Å²) >= 11 is 15.4. The fourth-order valence-electron chi connectivity index (χ4n) is 1.88. The topological polar surface area (TPSA) is 21.3 Å². The Morgan fingerprint density at radius 3 is 2.62 bits per heavy atom. The van der Waals surface area contributed by atoms with Crippen molar-refractivity contribution in [1.82, 2.24) is 5.32 Å². The molecule has 2 rings (SSSR count). The third-order valence-corrected chi connectivity index (χ3v) is 4.20. The molecular weight excluding hydrogens is 373 g/mol. The number of ether oxygens (including phenoxy) is 1. The second-order valence-corrected chi connectivity index (χ2v) is 6.30. The number of benzene rings is 2. The zero-order valence-electron chi connectivity index (χ0n) is 11.6. The van der Waals surface area contributed by atoms with Gasteiger partial charge in [-0.3, -0.25) is 0 Å². The van der Waals surface area contributed by atoms with Crippen molar-refractivity contribution >= 4 is 39.1 Å². The van der Waals surface area contributed by atoms with Gasteiger partial charge in [0.1, 0.15) is 12.4 Å². The summed E-state index contributed by atoms with van der Waals surface area (Å²) in [5.74, 6) is 0.866. The lowest BCUT2D eigenvalue weighted by Gasteiger charge is -2.13. The van der Waals surface area contributed by atoms with Gasteiger partial charge >= 0.3 is 0 Å². The first-order valence-electron chi connectivity index (χ1n) is 6.66. The second-order valence-electron chi connectivity index (χ2n) is 4.57. The quantitative estimate of drug-likeness (QED) is 0.710. The average molecular weight is 389 g/mol. The molecule has 0 amide bonds. The van der Waals surface area contributed by atoms with Crippen molar-refractivity contribution in [2.75, 3.05) is 6.54 Å². The van der Waals surface area contributed by atoms with Crippen LogP contribution in [0.2, 0.25) is 10.0 Å². The summed E-state index contributed by atoms with van der Waals surface area (Å²) in [7, 11) is 0. The Morgan fingerprint density at radius 2 is 1.90 bits per heavy atom. The first-order chi connectivity index (χ1) is 10.1. The molecule has 21 heavy (non-hydrogen) atoms. The van der Waals surface area contributed by atoms with Crippen LogP contribution in [0.25, 0.3) is 0 Å². The molecule has 0 radical (unpaired) electrons. The maximum absolute atomic E-state index is 6.01. The molecule has 112 valence electrons. The lowest BCUT2D eigenvalue weighted by atomic mass is 10.2. The molecule has 0 fully saturated rings. The molecule has 2 aromatic rings. The van der Waals surface area contributed by atoms with Crippen molar-refractivity contribution in [1.29, 1.82) is 0 Å². The standard InChI is InChI=1S/C16H16BrCl2NO/c1-2-20-9-12-8-13(17)4-6-16(12)21-10-11-3-5-14(18)15(19)7-11/h3-8,20H,2,9-10H2,1H3. The molecule has 0 bridgehead atoms. The van der Waals surface area contributed by atoms with Gasteiger partial charge in [0.05, 0.1) is 10.0 Å². The summed E-state index contributed by atoms with van der Waals surface area (Å²) < 4.78 is 6.95. The Labute approximate surface area is 143 Å². The minimum absolute atomic E-state index is 0.456. The summed E-state index contributed by atoms with van der Waals surface area (Å²) in [4.78, 5) is 0. The molecule has 0 aliphatic heterocycles. The fraction of sp³-hybridized carbons (Fsp3) is 0.250. The van der Waals surface area contributed by atoms with E-state index >= 15 is 0 Å². The molecule has 2 aromatic carbocycles. The van der Waals surface area contributed by atoms with Crippen LogP contribution in [0.3, 0.4) is 0 Å². The number of halogens is 3. The summed E-state index contributed by atoms with van der Waals surface area (Å²) in [5, 5.41) is 4.40.